The Morgan fingerprint density at radius 2 is 2.15 bits per heavy atom. The maximum Gasteiger partial charge on any atom is 0.214 e. The zero-order valence-electron chi connectivity index (χ0n) is 15.3. The van der Waals surface area contributed by atoms with Crippen LogP contribution in [0.5, 0.6) is 0 Å². The Hall–Kier alpha value is -2.00. The third-order valence-corrected chi connectivity index (χ3v) is 8.35. The molecule has 0 amide bonds. The molecule has 9 heteroatoms. The number of nitrogens with zero attached hydrogens (tertiary/aromatic N) is 4. The van der Waals surface area contributed by atoms with E-state index in [-0.39, 0.29) is 17.2 Å². The van der Waals surface area contributed by atoms with Gasteiger partial charge in [-0.2, -0.15) is 0 Å². The SMILES string of the molecule is CC[C@@H]1C[C@H](NS(=O)(=O)C2CCC2)C[C@@H]1c1nnc2cnc3[nH]ccc3n12. The fourth-order valence-electron chi connectivity index (χ4n) is 4.64. The molecular weight excluding hydrogens is 364 g/mol. The lowest BCUT2D eigenvalue weighted by molar-refractivity contribution is 0.445. The lowest BCUT2D eigenvalue weighted by atomic mass is 9.93. The van der Waals surface area contributed by atoms with Crippen molar-refractivity contribution in [2.24, 2.45) is 5.92 Å². The van der Waals surface area contributed by atoms with Crippen molar-refractivity contribution >= 4 is 26.8 Å². The van der Waals surface area contributed by atoms with E-state index in [4.69, 9.17) is 0 Å². The van der Waals surface area contributed by atoms with E-state index >= 15 is 0 Å². The van der Waals surface area contributed by atoms with Gasteiger partial charge in [0.25, 0.3) is 0 Å². The summed E-state index contributed by atoms with van der Waals surface area (Å²) < 4.78 is 30.2. The third-order valence-electron chi connectivity index (χ3n) is 6.34. The summed E-state index contributed by atoms with van der Waals surface area (Å²) in [6.07, 6.45) is 8.78. The summed E-state index contributed by atoms with van der Waals surface area (Å²) in [6.45, 7) is 2.16. The number of nitrogens with one attached hydrogen (secondary N) is 2. The predicted octanol–water partition coefficient (Wildman–Crippen LogP) is 2.35. The molecule has 2 N–H and O–H groups in total. The highest BCUT2D eigenvalue weighted by Gasteiger charge is 2.41. The first kappa shape index (κ1) is 17.1. The van der Waals surface area contributed by atoms with Gasteiger partial charge in [0.2, 0.25) is 10.0 Å². The predicted molar refractivity (Wildman–Crippen MR) is 102 cm³/mol. The van der Waals surface area contributed by atoms with Crippen LogP contribution in [-0.4, -0.2) is 44.3 Å². The van der Waals surface area contributed by atoms with Crippen molar-refractivity contribution in [2.75, 3.05) is 0 Å². The van der Waals surface area contributed by atoms with Crippen molar-refractivity contribution in [2.45, 2.75) is 62.7 Å². The summed E-state index contributed by atoms with van der Waals surface area (Å²) >= 11 is 0. The summed E-state index contributed by atoms with van der Waals surface area (Å²) in [6, 6.07) is 1.95. The number of rotatable bonds is 5. The van der Waals surface area contributed by atoms with E-state index in [1.165, 1.54) is 0 Å². The number of hydrogen-bond donors (Lipinski definition) is 2. The average Bonchev–Trinajstić information content (AvgIpc) is 3.28. The molecule has 5 rings (SSSR count). The minimum Gasteiger partial charge on any atom is -0.345 e. The molecule has 2 aliphatic carbocycles. The van der Waals surface area contributed by atoms with Gasteiger partial charge in [0.1, 0.15) is 5.82 Å². The van der Waals surface area contributed by atoms with E-state index < -0.39 is 10.0 Å². The van der Waals surface area contributed by atoms with Crippen molar-refractivity contribution in [3.8, 4) is 0 Å². The number of aromatic nitrogens is 5. The molecular formula is C18H24N6O2S. The van der Waals surface area contributed by atoms with Crippen LogP contribution in [0.4, 0.5) is 0 Å². The molecule has 27 heavy (non-hydrogen) atoms. The second kappa shape index (κ2) is 6.27. The number of sulfonamides is 1. The van der Waals surface area contributed by atoms with Gasteiger partial charge < -0.3 is 4.98 Å². The van der Waals surface area contributed by atoms with E-state index in [2.05, 4.69) is 36.2 Å². The van der Waals surface area contributed by atoms with Gasteiger partial charge in [-0.1, -0.05) is 19.8 Å². The van der Waals surface area contributed by atoms with Crippen LogP contribution in [0.1, 0.15) is 57.2 Å². The largest absolute Gasteiger partial charge is 0.345 e. The lowest BCUT2D eigenvalue weighted by Crippen LogP contribution is -2.42. The molecule has 8 nitrogen and oxygen atoms in total. The first-order valence-electron chi connectivity index (χ1n) is 9.75. The Morgan fingerprint density at radius 3 is 2.89 bits per heavy atom. The highest BCUT2D eigenvalue weighted by Crippen LogP contribution is 2.42. The van der Waals surface area contributed by atoms with Crippen molar-refractivity contribution in [3.05, 3.63) is 24.3 Å². The summed E-state index contributed by atoms with van der Waals surface area (Å²) in [5.74, 6) is 1.47. The molecule has 2 aliphatic rings. The van der Waals surface area contributed by atoms with E-state index in [9.17, 15) is 8.42 Å². The van der Waals surface area contributed by atoms with Gasteiger partial charge in [-0.15, -0.1) is 10.2 Å². The maximum absolute atomic E-state index is 12.6. The summed E-state index contributed by atoms with van der Waals surface area (Å²) in [4.78, 5) is 7.51. The van der Waals surface area contributed by atoms with Crippen LogP contribution in [-0.2, 0) is 10.0 Å². The summed E-state index contributed by atoms with van der Waals surface area (Å²) in [7, 11) is -3.21. The Bertz CT molecular complexity index is 1080. The molecule has 0 bridgehead atoms. The molecule has 0 aliphatic heterocycles. The van der Waals surface area contributed by atoms with Gasteiger partial charge >= 0.3 is 0 Å². The van der Waals surface area contributed by atoms with E-state index in [1.54, 1.807) is 6.20 Å². The van der Waals surface area contributed by atoms with Gasteiger partial charge in [-0.3, -0.25) is 4.40 Å². The second-order valence-electron chi connectivity index (χ2n) is 7.88. The van der Waals surface area contributed by atoms with Crippen molar-refractivity contribution < 1.29 is 8.42 Å². The number of hydrogen-bond acceptors (Lipinski definition) is 5. The Labute approximate surface area is 157 Å². The van der Waals surface area contributed by atoms with Crippen LogP contribution >= 0.6 is 0 Å². The molecule has 0 radical (unpaired) electrons. The van der Waals surface area contributed by atoms with Crippen LogP contribution in [0.25, 0.3) is 16.8 Å². The molecule has 2 saturated carbocycles. The molecule has 144 valence electrons. The molecule has 3 atom stereocenters. The lowest BCUT2D eigenvalue weighted by Gasteiger charge is -2.27. The number of H-pyrrole nitrogens is 1. The maximum atomic E-state index is 12.6. The third kappa shape index (κ3) is 2.75. The highest BCUT2D eigenvalue weighted by molar-refractivity contribution is 7.90. The van der Waals surface area contributed by atoms with Crippen LogP contribution in [0.15, 0.2) is 18.5 Å². The molecule has 3 heterocycles. The zero-order chi connectivity index (χ0) is 18.6. The molecule has 0 aromatic carbocycles. The van der Waals surface area contributed by atoms with E-state index in [0.29, 0.717) is 5.92 Å². The van der Waals surface area contributed by atoms with Crippen molar-refractivity contribution in [3.63, 3.8) is 0 Å². The Kier molecular flexibility index (Phi) is 3.98. The fraction of sp³-hybridized carbons (Fsp3) is 0.611. The van der Waals surface area contributed by atoms with Gasteiger partial charge in [0, 0.05) is 18.2 Å². The standard InChI is InChI=1S/C18H24N6O2S/c1-2-11-8-12(23-27(25,26)13-4-3-5-13)9-14(11)18-22-21-16-10-20-17-15(24(16)18)6-7-19-17/h6-7,10-14,19,23H,2-5,8-9H2,1H3/t11-,12+,14+/m1/s1. The molecule has 3 aromatic rings. The van der Waals surface area contributed by atoms with Crippen LogP contribution in [0.2, 0.25) is 0 Å². The molecule has 0 saturated heterocycles. The fourth-order valence-corrected chi connectivity index (χ4v) is 6.44. The summed E-state index contributed by atoms with van der Waals surface area (Å²) in [5.41, 5.74) is 2.49. The Morgan fingerprint density at radius 1 is 1.30 bits per heavy atom. The minimum atomic E-state index is -3.21. The van der Waals surface area contributed by atoms with Crippen molar-refractivity contribution in [1.29, 1.82) is 0 Å². The summed E-state index contributed by atoms with van der Waals surface area (Å²) in [5, 5.41) is 8.59. The van der Waals surface area contributed by atoms with Crippen molar-refractivity contribution in [1.82, 2.24) is 29.3 Å². The zero-order valence-corrected chi connectivity index (χ0v) is 16.1. The van der Waals surface area contributed by atoms with Crippen LogP contribution in [0, 0.1) is 5.92 Å². The van der Waals surface area contributed by atoms with E-state index in [1.807, 2.05) is 12.3 Å². The van der Waals surface area contributed by atoms with E-state index in [0.717, 1.165) is 61.2 Å². The Balaban J connectivity index is 1.47. The monoisotopic (exact) mass is 388 g/mol. The van der Waals surface area contributed by atoms with Gasteiger partial charge in [0.05, 0.1) is 17.0 Å². The minimum absolute atomic E-state index is 0.0264. The van der Waals surface area contributed by atoms with Gasteiger partial charge in [-0.05, 0) is 37.7 Å². The highest BCUT2D eigenvalue weighted by atomic mass is 32.2. The topological polar surface area (TPSA) is 105 Å². The molecule has 2 fully saturated rings. The molecule has 3 aromatic heterocycles. The first-order valence-corrected chi connectivity index (χ1v) is 11.3. The van der Waals surface area contributed by atoms with Gasteiger partial charge in [-0.25, -0.2) is 18.1 Å². The van der Waals surface area contributed by atoms with Gasteiger partial charge in [0.15, 0.2) is 11.3 Å². The number of fused-ring (bicyclic) bond motifs is 3. The van der Waals surface area contributed by atoms with Crippen LogP contribution < -0.4 is 4.72 Å². The molecule has 0 unspecified atom stereocenters. The second-order valence-corrected chi connectivity index (χ2v) is 9.87. The smallest absolute Gasteiger partial charge is 0.214 e. The number of aromatic amines is 1. The average molecular weight is 388 g/mol. The normalized spacial score (nSPS) is 26.8. The van der Waals surface area contributed by atoms with Crippen LogP contribution in [0.3, 0.4) is 0 Å². The molecule has 0 spiro atoms. The quantitative estimate of drug-likeness (QED) is 0.698. The first-order chi connectivity index (χ1) is 13.1.